The Morgan fingerprint density at radius 2 is 2.06 bits per heavy atom. The maximum absolute atomic E-state index is 13.3. The highest BCUT2D eigenvalue weighted by atomic mass is 32.1. The van der Waals surface area contributed by atoms with Crippen LogP contribution in [0.3, 0.4) is 0 Å². The number of anilines is 1. The zero-order valence-corrected chi connectivity index (χ0v) is 10.6. The minimum absolute atomic E-state index is 0.0414. The largest absolute Gasteiger partial charge is 0.357 e. The van der Waals surface area contributed by atoms with E-state index in [2.05, 4.69) is 10.6 Å². The molecule has 0 amide bonds. The average Bonchev–Trinajstić information content (AvgIpc) is 2.23. The third-order valence-electron chi connectivity index (χ3n) is 2.09. The lowest BCUT2D eigenvalue weighted by atomic mass is 10.3. The van der Waals surface area contributed by atoms with E-state index in [0.717, 1.165) is 24.7 Å². The fourth-order valence-corrected chi connectivity index (χ4v) is 1.40. The van der Waals surface area contributed by atoms with E-state index in [-0.39, 0.29) is 10.8 Å². The van der Waals surface area contributed by atoms with Crippen LogP contribution in [0.15, 0.2) is 18.2 Å². The number of halogens is 2. The quantitative estimate of drug-likeness (QED) is 0.684. The lowest BCUT2D eigenvalue weighted by molar-refractivity contribution is -0.856. The van der Waals surface area contributed by atoms with Gasteiger partial charge in [-0.3, -0.25) is 0 Å². The Hall–Kier alpha value is -1.27. The summed E-state index contributed by atoms with van der Waals surface area (Å²) < 4.78 is 26.1. The van der Waals surface area contributed by atoms with Crippen molar-refractivity contribution in [1.29, 1.82) is 0 Å². The van der Waals surface area contributed by atoms with Crippen LogP contribution in [0.1, 0.15) is 0 Å². The molecule has 6 heteroatoms. The third-order valence-corrected chi connectivity index (χ3v) is 2.33. The molecule has 0 aromatic heterocycles. The molecule has 0 unspecified atom stereocenters. The van der Waals surface area contributed by atoms with Gasteiger partial charge in [0, 0.05) is 6.07 Å². The van der Waals surface area contributed by atoms with Crippen LogP contribution in [0.4, 0.5) is 14.5 Å². The number of hydrogen-bond donors (Lipinski definition) is 3. The topological polar surface area (TPSA) is 28.5 Å². The summed E-state index contributed by atoms with van der Waals surface area (Å²) in [4.78, 5) is 1.28. The molecule has 1 aromatic rings. The van der Waals surface area contributed by atoms with E-state index >= 15 is 0 Å². The van der Waals surface area contributed by atoms with Crippen molar-refractivity contribution in [1.82, 2.24) is 5.32 Å². The highest BCUT2D eigenvalue weighted by Crippen LogP contribution is 2.14. The number of hydrogen-bond acceptors (Lipinski definition) is 1. The van der Waals surface area contributed by atoms with Gasteiger partial charge in [-0.15, -0.1) is 0 Å². The zero-order chi connectivity index (χ0) is 12.8. The van der Waals surface area contributed by atoms with Crippen molar-refractivity contribution in [3.05, 3.63) is 29.8 Å². The van der Waals surface area contributed by atoms with Crippen molar-refractivity contribution >= 4 is 23.0 Å². The van der Waals surface area contributed by atoms with Gasteiger partial charge in [-0.25, -0.2) is 8.78 Å². The van der Waals surface area contributed by atoms with Crippen molar-refractivity contribution in [3.63, 3.8) is 0 Å². The molecule has 0 aliphatic carbocycles. The zero-order valence-electron chi connectivity index (χ0n) is 9.81. The second kappa shape index (κ2) is 6.46. The van der Waals surface area contributed by atoms with E-state index in [4.69, 9.17) is 12.2 Å². The first-order valence-electron chi connectivity index (χ1n) is 5.28. The summed E-state index contributed by atoms with van der Waals surface area (Å²) in [6.07, 6.45) is 0. The molecule has 17 heavy (non-hydrogen) atoms. The molecule has 3 N–H and O–H groups in total. The van der Waals surface area contributed by atoms with E-state index in [1.54, 1.807) is 0 Å². The Morgan fingerprint density at radius 1 is 1.35 bits per heavy atom. The smallest absolute Gasteiger partial charge is 0.171 e. The van der Waals surface area contributed by atoms with Crippen molar-refractivity contribution < 1.29 is 13.7 Å². The number of quaternary nitrogens is 1. The van der Waals surface area contributed by atoms with Crippen LogP contribution in [0.5, 0.6) is 0 Å². The third kappa shape index (κ3) is 5.06. The molecular weight excluding hydrogens is 244 g/mol. The van der Waals surface area contributed by atoms with Crippen molar-refractivity contribution in [2.75, 3.05) is 32.5 Å². The molecule has 0 fully saturated rings. The molecule has 0 atom stereocenters. The van der Waals surface area contributed by atoms with E-state index in [0.29, 0.717) is 6.54 Å². The minimum atomic E-state index is -0.534. The monoisotopic (exact) mass is 260 g/mol. The van der Waals surface area contributed by atoms with Crippen LogP contribution >= 0.6 is 12.2 Å². The minimum Gasteiger partial charge on any atom is -0.357 e. The van der Waals surface area contributed by atoms with Crippen molar-refractivity contribution in [2.24, 2.45) is 0 Å². The van der Waals surface area contributed by atoms with Crippen LogP contribution in [-0.4, -0.2) is 32.3 Å². The molecule has 0 spiro atoms. The summed E-state index contributed by atoms with van der Waals surface area (Å²) in [5.41, 5.74) is 0.0414. The lowest BCUT2D eigenvalue weighted by Crippen LogP contribution is -3.06. The number of rotatable bonds is 4. The van der Waals surface area contributed by atoms with Gasteiger partial charge < -0.3 is 15.5 Å². The predicted octanol–water partition coefficient (Wildman–Crippen LogP) is 0.396. The average molecular weight is 260 g/mol. The van der Waals surface area contributed by atoms with Crippen LogP contribution in [0.25, 0.3) is 0 Å². The summed E-state index contributed by atoms with van der Waals surface area (Å²) in [6.45, 7) is 1.55. The van der Waals surface area contributed by atoms with Crippen molar-refractivity contribution in [2.45, 2.75) is 0 Å². The highest BCUT2D eigenvalue weighted by molar-refractivity contribution is 7.80. The Morgan fingerprint density at radius 3 is 2.71 bits per heavy atom. The van der Waals surface area contributed by atoms with Gasteiger partial charge in [0.15, 0.2) is 5.11 Å². The molecule has 94 valence electrons. The second-order valence-corrected chi connectivity index (χ2v) is 4.37. The molecular formula is C11H16F2N3S+. The summed E-state index contributed by atoms with van der Waals surface area (Å²) in [7, 11) is 4.04. The molecule has 0 aliphatic rings. The first-order chi connectivity index (χ1) is 7.99. The molecule has 1 aromatic carbocycles. The van der Waals surface area contributed by atoms with Crippen LogP contribution < -0.4 is 15.5 Å². The molecule has 0 saturated heterocycles. The number of likely N-dealkylation sites (N-methyl/N-ethyl adjacent to an activating group) is 1. The van der Waals surface area contributed by atoms with Gasteiger partial charge in [-0.05, 0) is 24.4 Å². The van der Waals surface area contributed by atoms with Crippen LogP contribution in [0, 0.1) is 11.6 Å². The molecule has 0 radical (unpaired) electrons. The Labute approximate surface area is 105 Å². The fraction of sp³-hybridized carbons (Fsp3) is 0.364. The Balaban J connectivity index is 2.47. The highest BCUT2D eigenvalue weighted by Gasteiger charge is 2.05. The van der Waals surface area contributed by atoms with E-state index in [1.165, 1.54) is 4.90 Å². The van der Waals surface area contributed by atoms with Gasteiger partial charge in [-0.2, -0.15) is 0 Å². The lowest BCUT2D eigenvalue weighted by Gasteiger charge is -2.12. The van der Waals surface area contributed by atoms with Gasteiger partial charge >= 0.3 is 0 Å². The molecule has 1 rings (SSSR count). The molecule has 0 aliphatic heterocycles. The molecule has 0 bridgehead atoms. The summed E-state index contributed by atoms with van der Waals surface area (Å²) >= 11 is 4.97. The van der Waals surface area contributed by atoms with E-state index < -0.39 is 11.6 Å². The fourth-order valence-electron chi connectivity index (χ4n) is 1.19. The first-order valence-corrected chi connectivity index (χ1v) is 5.69. The Bertz CT molecular complexity index is 396. The predicted molar refractivity (Wildman–Crippen MR) is 68.3 cm³/mol. The maximum atomic E-state index is 13.3. The summed E-state index contributed by atoms with van der Waals surface area (Å²) in [5.74, 6) is -1.04. The van der Waals surface area contributed by atoms with Gasteiger partial charge in [0.2, 0.25) is 0 Å². The van der Waals surface area contributed by atoms with E-state index in [9.17, 15) is 8.78 Å². The van der Waals surface area contributed by atoms with Gasteiger partial charge in [-0.1, -0.05) is 0 Å². The Kier molecular flexibility index (Phi) is 5.24. The summed E-state index contributed by atoms with van der Waals surface area (Å²) in [6, 6.07) is 3.19. The number of benzene rings is 1. The molecule has 0 saturated carbocycles. The maximum Gasteiger partial charge on any atom is 0.171 e. The van der Waals surface area contributed by atoms with Gasteiger partial charge in [0.05, 0.1) is 32.9 Å². The standard InChI is InChI=1S/C11H15F2N3S/c1-16(2)6-5-14-11(17)15-10-7-8(12)3-4-9(10)13/h3-4,7H,5-6H2,1-2H3,(H2,14,15,17)/p+1. The van der Waals surface area contributed by atoms with Gasteiger partial charge in [0.25, 0.3) is 0 Å². The van der Waals surface area contributed by atoms with Crippen LogP contribution in [0.2, 0.25) is 0 Å². The molecule has 0 heterocycles. The first kappa shape index (κ1) is 13.8. The van der Waals surface area contributed by atoms with Crippen LogP contribution in [-0.2, 0) is 0 Å². The number of nitrogens with one attached hydrogen (secondary N) is 3. The SMILES string of the molecule is C[NH+](C)CCNC(=S)Nc1cc(F)ccc1F. The van der Waals surface area contributed by atoms with Gasteiger partial charge in [0.1, 0.15) is 11.6 Å². The summed E-state index contributed by atoms with van der Waals surface area (Å²) in [5, 5.41) is 5.83. The molecule has 3 nitrogen and oxygen atoms in total. The number of thiocarbonyl (C=S) groups is 1. The normalized spacial score (nSPS) is 10.4. The van der Waals surface area contributed by atoms with Crippen molar-refractivity contribution in [3.8, 4) is 0 Å². The second-order valence-electron chi connectivity index (χ2n) is 3.96. The van der Waals surface area contributed by atoms with E-state index in [1.807, 2.05) is 14.1 Å².